The molecular weight excluding hydrogens is 663 g/mol. The molecule has 2 heterocycles. The maximum absolute atomic E-state index is 6.73. The molecule has 0 aliphatic rings. The van der Waals surface area contributed by atoms with Gasteiger partial charge in [0.25, 0.3) is 0 Å². The summed E-state index contributed by atoms with van der Waals surface area (Å²) in [5.41, 5.74) is 9.63. The monoisotopic (exact) mass is 693 g/mol. The number of para-hydroxylation sites is 1. The first-order valence-electron chi connectivity index (χ1n) is 18.0. The van der Waals surface area contributed by atoms with E-state index in [1.54, 1.807) is 0 Å². The van der Waals surface area contributed by atoms with Gasteiger partial charge >= 0.3 is 0 Å². The molecule has 0 bridgehead atoms. The SMILES string of the molecule is c1ccc(-c2ccc(N(c3ccc(-c4ccc5c(ccc6ccccc65)c4)cc3)c3ccc4sc5ccccc5c4c3)c3c2oc2ccccc23)cc1. The van der Waals surface area contributed by atoms with E-state index in [1.165, 1.54) is 52.8 Å². The summed E-state index contributed by atoms with van der Waals surface area (Å²) in [4.78, 5) is 2.40. The van der Waals surface area contributed by atoms with Crippen LogP contribution in [0.2, 0.25) is 0 Å². The molecule has 248 valence electrons. The fourth-order valence-electron chi connectivity index (χ4n) is 8.12. The first kappa shape index (κ1) is 30.0. The number of rotatable bonds is 5. The lowest BCUT2D eigenvalue weighted by atomic mass is 9.97. The van der Waals surface area contributed by atoms with Crippen LogP contribution in [0.4, 0.5) is 17.1 Å². The second kappa shape index (κ2) is 11.9. The number of hydrogen-bond donors (Lipinski definition) is 0. The van der Waals surface area contributed by atoms with Crippen molar-refractivity contribution < 1.29 is 4.42 Å². The van der Waals surface area contributed by atoms with Crippen LogP contribution in [0.3, 0.4) is 0 Å². The molecule has 2 aromatic heterocycles. The number of fused-ring (bicyclic) bond motifs is 9. The summed E-state index contributed by atoms with van der Waals surface area (Å²) in [5.74, 6) is 0. The van der Waals surface area contributed by atoms with Crippen LogP contribution < -0.4 is 4.90 Å². The zero-order valence-corrected chi connectivity index (χ0v) is 29.5. The van der Waals surface area contributed by atoms with E-state index in [2.05, 4.69) is 187 Å². The van der Waals surface area contributed by atoms with Crippen LogP contribution in [0.1, 0.15) is 0 Å². The smallest absolute Gasteiger partial charge is 0.145 e. The van der Waals surface area contributed by atoms with Crippen LogP contribution in [0.15, 0.2) is 192 Å². The third-order valence-electron chi connectivity index (χ3n) is 10.7. The van der Waals surface area contributed by atoms with Crippen molar-refractivity contribution in [2.24, 2.45) is 0 Å². The Balaban J connectivity index is 1.12. The molecule has 2 nitrogen and oxygen atoms in total. The van der Waals surface area contributed by atoms with Crippen LogP contribution >= 0.6 is 11.3 Å². The Labute approximate surface area is 310 Å². The number of benzene rings is 9. The van der Waals surface area contributed by atoms with Crippen molar-refractivity contribution in [1.29, 1.82) is 0 Å². The van der Waals surface area contributed by atoms with E-state index < -0.39 is 0 Å². The summed E-state index contributed by atoms with van der Waals surface area (Å²) in [6.45, 7) is 0. The summed E-state index contributed by atoms with van der Waals surface area (Å²) in [5, 5.41) is 9.83. The topological polar surface area (TPSA) is 16.4 Å². The van der Waals surface area contributed by atoms with Gasteiger partial charge in [0.2, 0.25) is 0 Å². The van der Waals surface area contributed by atoms with Crippen molar-refractivity contribution in [3.63, 3.8) is 0 Å². The van der Waals surface area contributed by atoms with E-state index in [4.69, 9.17) is 4.42 Å². The van der Waals surface area contributed by atoms with Crippen LogP contribution in [0, 0.1) is 0 Å². The van der Waals surface area contributed by atoms with Gasteiger partial charge in [-0.1, -0.05) is 127 Å². The molecule has 0 spiro atoms. The fraction of sp³-hybridized carbons (Fsp3) is 0. The van der Waals surface area contributed by atoms with Gasteiger partial charge in [-0.3, -0.25) is 0 Å². The van der Waals surface area contributed by atoms with E-state index in [0.717, 1.165) is 50.1 Å². The number of anilines is 3. The van der Waals surface area contributed by atoms with Crippen molar-refractivity contribution in [2.45, 2.75) is 0 Å². The highest BCUT2D eigenvalue weighted by Gasteiger charge is 2.23. The third kappa shape index (κ3) is 4.86. The molecule has 0 aliphatic carbocycles. The van der Waals surface area contributed by atoms with Gasteiger partial charge in [0.15, 0.2) is 0 Å². The fourth-order valence-corrected chi connectivity index (χ4v) is 9.20. The van der Waals surface area contributed by atoms with Crippen LogP contribution in [0.25, 0.3) is 85.9 Å². The molecule has 9 aromatic carbocycles. The van der Waals surface area contributed by atoms with Gasteiger partial charge < -0.3 is 9.32 Å². The Bertz CT molecular complexity index is 3170. The van der Waals surface area contributed by atoms with Gasteiger partial charge in [-0.15, -0.1) is 11.3 Å². The predicted octanol–water partition coefficient (Wildman–Crippen LogP) is 15.1. The quantitative estimate of drug-likeness (QED) is 0.167. The normalized spacial score (nSPS) is 11.8. The molecule has 0 radical (unpaired) electrons. The van der Waals surface area contributed by atoms with Crippen LogP contribution in [-0.4, -0.2) is 0 Å². The van der Waals surface area contributed by atoms with Crippen LogP contribution in [0.5, 0.6) is 0 Å². The first-order valence-corrected chi connectivity index (χ1v) is 18.8. The third-order valence-corrected chi connectivity index (χ3v) is 11.8. The summed E-state index contributed by atoms with van der Waals surface area (Å²) < 4.78 is 9.32. The average molecular weight is 694 g/mol. The number of furan rings is 1. The highest BCUT2D eigenvalue weighted by molar-refractivity contribution is 7.25. The van der Waals surface area contributed by atoms with E-state index in [9.17, 15) is 0 Å². The molecule has 0 atom stereocenters. The lowest BCUT2D eigenvalue weighted by molar-refractivity contribution is 0.670. The van der Waals surface area contributed by atoms with E-state index in [1.807, 2.05) is 17.4 Å². The zero-order valence-electron chi connectivity index (χ0n) is 28.7. The minimum absolute atomic E-state index is 0.880. The van der Waals surface area contributed by atoms with E-state index in [-0.39, 0.29) is 0 Å². The Morgan fingerprint density at radius 2 is 1.08 bits per heavy atom. The first-order chi connectivity index (χ1) is 26.3. The highest BCUT2D eigenvalue weighted by atomic mass is 32.1. The van der Waals surface area contributed by atoms with E-state index in [0.29, 0.717) is 0 Å². The summed E-state index contributed by atoms with van der Waals surface area (Å²) in [7, 11) is 0. The maximum atomic E-state index is 6.73. The van der Waals surface area contributed by atoms with Gasteiger partial charge in [0.1, 0.15) is 11.2 Å². The Morgan fingerprint density at radius 3 is 1.96 bits per heavy atom. The minimum Gasteiger partial charge on any atom is -0.455 e. The molecular formula is C50H31NOS. The molecule has 11 aromatic rings. The number of hydrogen-bond acceptors (Lipinski definition) is 3. The van der Waals surface area contributed by atoms with Gasteiger partial charge in [-0.2, -0.15) is 0 Å². The zero-order chi connectivity index (χ0) is 34.9. The van der Waals surface area contributed by atoms with Gasteiger partial charge in [0.05, 0.1) is 11.1 Å². The molecule has 3 heteroatoms. The molecule has 0 amide bonds. The Kier molecular flexibility index (Phi) is 6.76. The highest BCUT2D eigenvalue weighted by Crippen LogP contribution is 2.47. The summed E-state index contributed by atoms with van der Waals surface area (Å²) >= 11 is 1.85. The minimum atomic E-state index is 0.880. The van der Waals surface area contributed by atoms with Gasteiger partial charge in [-0.05, 0) is 98.9 Å². The molecule has 0 aliphatic heterocycles. The lowest BCUT2D eigenvalue weighted by Gasteiger charge is -2.27. The maximum Gasteiger partial charge on any atom is 0.145 e. The predicted molar refractivity (Wildman–Crippen MR) is 227 cm³/mol. The lowest BCUT2D eigenvalue weighted by Crippen LogP contribution is -2.10. The van der Waals surface area contributed by atoms with E-state index >= 15 is 0 Å². The van der Waals surface area contributed by atoms with Gasteiger partial charge in [0, 0.05) is 42.5 Å². The molecule has 0 N–H and O–H groups in total. The molecule has 53 heavy (non-hydrogen) atoms. The Hall–Kier alpha value is -6.68. The van der Waals surface area contributed by atoms with Crippen molar-refractivity contribution in [2.75, 3.05) is 4.90 Å². The van der Waals surface area contributed by atoms with Crippen molar-refractivity contribution >= 4 is 92.1 Å². The average Bonchev–Trinajstić information content (AvgIpc) is 3.80. The van der Waals surface area contributed by atoms with Crippen molar-refractivity contribution in [1.82, 2.24) is 0 Å². The van der Waals surface area contributed by atoms with Crippen LogP contribution in [-0.2, 0) is 0 Å². The summed E-state index contributed by atoms with van der Waals surface area (Å²) in [6.07, 6.45) is 0. The largest absolute Gasteiger partial charge is 0.455 e. The number of nitrogens with zero attached hydrogens (tertiary/aromatic N) is 1. The molecule has 0 saturated carbocycles. The summed E-state index contributed by atoms with van der Waals surface area (Å²) in [6, 6.07) is 68.0. The van der Waals surface area contributed by atoms with Gasteiger partial charge in [-0.25, -0.2) is 0 Å². The molecule has 0 unspecified atom stereocenters. The second-order valence-corrected chi connectivity index (χ2v) is 14.8. The second-order valence-electron chi connectivity index (χ2n) is 13.7. The number of thiophene rings is 1. The molecule has 11 rings (SSSR count). The molecule has 0 fully saturated rings. The molecule has 0 saturated heterocycles. The van der Waals surface area contributed by atoms with Crippen molar-refractivity contribution in [3.05, 3.63) is 188 Å². The Morgan fingerprint density at radius 1 is 0.396 bits per heavy atom. The standard InChI is InChI=1S/C50H31NOS/c1-2-10-33(11-3-1)41-27-28-45(49-43-15-6-8-16-46(43)52-50(41)49)51(38-25-29-48-44(31-38)42-14-7-9-17-47(42)53-48)37-23-20-32(21-24-37)35-22-26-40-36(30-35)19-18-34-12-4-5-13-39(34)40/h1-31H. The van der Waals surface area contributed by atoms with Crippen molar-refractivity contribution in [3.8, 4) is 22.3 Å².